The Morgan fingerprint density at radius 3 is 1.70 bits per heavy atom. The largest absolute Gasteiger partial charge is 0.481 e. The molecule has 206 valence electrons. The number of halogens is 2. The molecule has 2 aliphatic rings. The topological polar surface area (TPSA) is 56.3 Å². The van der Waals surface area contributed by atoms with Crippen LogP contribution in [-0.2, 0) is 0 Å². The molecule has 2 aromatic heterocycles. The average molecular weight is 575 g/mol. The molecule has 5 nitrogen and oxygen atoms in total. The van der Waals surface area contributed by atoms with E-state index in [0.717, 1.165) is 58.6 Å². The number of pyridine rings is 2. The zero-order valence-electron chi connectivity index (χ0n) is 22.8. The first-order valence-corrected chi connectivity index (χ1v) is 14.8. The Bertz CT molecular complexity index is 1410. The number of hydrogen-bond donors (Lipinski definition) is 1. The van der Waals surface area contributed by atoms with E-state index in [-0.39, 0.29) is 6.04 Å². The zero-order valence-corrected chi connectivity index (χ0v) is 24.4. The molecule has 1 N–H and O–H groups in total. The van der Waals surface area contributed by atoms with E-state index < -0.39 is 0 Å². The Labute approximate surface area is 245 Å². The predicted molar refractivity (Wildman–Crippen MR) is 163 cm³/mol. The summed E-state index contributed by atoms with van der Waals surface area (Å²) in [6, 6.07) is 20.5. The molecule has 1 atom stereocenters. The maximum atomic E-state index is 7.07. The third kappa shape index (κ3) is 5.07. The summed E-state index contributed by atoms with van der Waals surface area (Å²) in [7, 11) is 3.35. The first-order chi connectivity index (χ1) is 19.6. The fraction of sp³-hybridized carbons (Fsp3) is 0.333. The summed E-state index contributed by atoms with van der Waals surface area (Å²) in [5, 5.41) is 4.71. The second-order valence-electron chi connectivity index (χ2n) is 10.6. The van der Waals surface area contributed by atoms with Gasteiger partial charge in [-0.15, -0.1) is 0 Å². The molecule has 7 heteroatoms. The van der Waals surface area contributed by atoms with Gasteiger partial charge in [-0.05, 0) is 56.3 Å². The molecule has 0 radical (unpaired) electrons. The van der Waals surface area contributed by atoms with E-state index in [0.29, 0.717) is 27.7 Å². The number of methoxy groups -OCH3 is 2. The van der Waals surface area contributed by atoms with Crippen molar-refractivity contribution >= 4 is 23.2 Å². The normalized spacial score (nSPS) is 17.4. The van der Waals surface area contributed by atoms with Crippen LogP contribution in [0.2, 0.25) is 10.0 Å². The van der Waals surface area contributed by atoms with E-state index in [1.54, 1.807) is 14.2 Å². The first kappa shape index (κ1) is 27.1. The van der Waals surface area contributed by atoms with Crippen LogP contribution < -0.4 is 14.8 Å². The van der Waals surface area contributed by atoms with Crippen LogP contribution in [0.3, 0.4) is 0 Å². The molecule has 1 aliphatic heterocycles. The fourth-order valence-electron chi connectivity index (χ4n) is 6.17. The quantitative estimate of drug-likeness (QED) is 0.239. The molecular weight excluding hydrogens is 541 g/mol. The molecule has 2 fully saturated rings. The Kier molecular flexibility index (Phi) is 7.97. The van der Waals surface area contributed by atoms with Crippen LogP contribution in [0.5, 0.6) is 11.8 Å². The number of ether oxygens (including phenoxy) is 2. The molecule has 6 rings (SSSR count). The van der Waals surface area contributed by atoms with Crippen molar-refractivity contribution in [2.24, 2.45) is 0 Å². The second-order valence-corrected chi connectivity index (χ2v) is 11.3. The fourth-order valence-corrected chi connectivity index (χ4v) is 6.82. The van der Waals surface area contributed by atoms with Crippen molar-refractivity contribution in [3.8, 4) is 45.4 Å². The number of benzene rings is 2. The lowest BCUT2D eigenvalue weighted by atomic mass is 9.96. The van der Waals surface area contributed by atoms with Crippen LogP contribution in [0, 0.1) is 0 Å². The highest BCUT2D eigenvalue weighted by atomic mass is 35.5. The van der Waals surface area contributed by atoms with Gasteiger partial charge in [-0.1, -0.05) is 78.5 Å². The number of hydrogen-bond acceptors (Lipinski definition) is 5. The van der Waals surface area contributed by atoms with Crippen LogP contribution in [0.25, 0.3) is 33.6 Å². The van der Waals surface area contributed by atoms with Gasteiger partial charge in [0.2, 0.25) is 11.8 Å². The molecule has 0 amide bonds. The third-order valence-corrected chi connectivity index (χ3v) is 9.05. The van der Waals surface area contributed by atoms with Crippen molar-refractivity contribution in [3.63, 3.8) is 0 Å². The molecule has 40 heavy (non-hydrogen) atoms. The van der Waals surface area contributed by atoms with Crippen molar-refractivity contribution in [2.45, 2.75) is 50.5 Å². The monoisotopic (exact) mass is 573 g/mol. The Balaban J connectivity index is 1.37. The summed E-state index contributed by atoms with van der Waals surface area (Å²) in [5.41, 5.74) is 7.13. The van der Waals surface area contributed by atoms with E-state index in [1.165, 1.54) is 31.2 Å². The summed E-state index contributed by atoms with van der Waals surface area (Å²) < 4.78 is 11.4. The number of rotatable bonds is 7. The summed E-state index contributed by atoms with van der Waals surface area (Å²) in [6.45, 7) is 1.01. The molecule has 2 aromatic carbocycles. The van der Waals surface area contributed by atoms with Crippen molar-refractivity contribution in [2.75, 3.05) is 20.8 Å². The van der Waals surface area contributed by atoms with E-state index >= 15 is 0 Å². The van der Waals surface area contributed by atoms with Gasteiger partial charge < -0.3 is 14.8 Å². The predicted octanol–water partition coefficient (Wildman–Crippen LogP) is 8.88. The minimum atomic E-state index is 0.263. The summed E-state index contributed by atoms with van der Waals surface area (Å²) in [4.78, 5) is 9.73. The lowest BCUT2D eigenvalue weighted by molar-refractivity contribution is 0.387. The summed E-state index contributed by atoms with van der Waals surface area (Å²) >= 11 is 14.1. The lowest BCUT2D eigenvalue weighted by Crippen LogP contribution is -2.14. The molecule has 4 aromatic rings. The molecule has 0 bridgehead atoms. The van der Waals surface area contributed by atoms with Gasteiger partial charge in [0.15, 0.2) is 0 Å². The second kappa shape index (κ2) is 11.8. The van der Waals surface area contributed by atoms with Gasteiger partial charge in [0.05, 0.1) is 35.7 Å². The highest BCUT2D eigenvalue weighted by Crippen LogP contribution is 2.44. The minimum absolute atomic E-state index is 0.263. The maximum absolute atomic E-state index is 7.07. The Morgan fingerprint density at radius 2 is 1.18 bits per heavy atom. The standard InChI is InChI=1S/C33H33Cl2N3O2/c1-39-32-21(20-8-3-4-9-20)15-17-28(37-32)24-12-5-10-22(30(24)34)23-11-6-13-25(31(23)35)29-18-16-26(33(38-29)40-2)27-14-7-19-36-27/h5-6,10-13,15-18,20,27,36H,3-4,7-9,14,19H2,1-2H3/t27-/m0/s1. The van der Waals surface area contributed by atoms with Crippen molar-refractivity contribution in [3.05, 3.63) is 81.8 Å². The van der Waals surface area contributed by atoms with Crippen LogP contribution in [0.1, 0.15) is 61.6 Å². The molecule has 0 unspecified atom stereocenters. The van der Waals surface area contributed by atoms with Crippen LogP contribution in [0.4, 0.5) is 0 Å². The maximum Gasteiger partial charge on any atom is 0.218 e. The van der Waals surface area contributed by atoms with Crippen molar-refractivity contribution < 1.29 is 9.47 Å². The summed E-state index contributed by atoms with van der Waals surface area (Å²) in [6.07, 6.45) is 7.11. The van der Waals surface area contributed by atoms with Crippen LogP contribution in [0.15, 0.2) is 60.7 Å². The summed E-state index contributed by atoms with van der Waals surface area (Å²) in [5.74, 6) is 1.82. The number of aromatic nitrogens is 2. The van der Waals surface area contributed by atoms with Gasteiger partial charge in [-0.3, -0.25) is 0 Å². The van der Waals surface area contributed by atoms with Gasteiger partial charge in [0.25, 0.3) is 0 Å². The van der Waals surface area contributed by atoms with E-state index in [9.17, 15) is 0 Å². The highest BCUT2D eigenvalue weighted by Gasteiger charge is 2.24. The van der Waals surface area contributed by atoms with Gasteiger partial charge in [0.1, 0.15) is 0 Å². The Morgan fingerprint density at radius 1 is 0.650 bits per heavy atom. The van der Waals surface area contributed by atoms with Gasteiger partial charge in [0, 0.05) is 39.4 Å². The molecule has 3 heterocycles. The van der Waals surface area contributed by atoms with Crippen molar-refractivity contribution in [1.82, 2.24) is 15.3 Å². The minimum Gasteiger partial charge on any atom is -0.481 e. The molecule has 1 aliphatic carbocycles. The molecule has 1 saturated carbocycles. The van der Waals surface area contributed by atoms with E-state index in [2.05, 4.69) is 23.5 Å². The van der Waals surface area contributed by atoms with Crippen molar-refractivity contribution in [1.29, 1.82) is 0 Å². The van der Waals surface area contributed by atoms with E-state index in [4.69, 9.17) is 42.6 Å². The average Bonchev–Trinajstić information content (AvgIpc) is 3.72. The van der Waals surface area contributed by atoms with Crippen LogP contribution in [-0.4, -0.2) is 30.7 Å². The number of nitrogens with zero attached hydrogens (tertiary/aromatic N) is 2. The highest BCUT2D eigenvalue weighted by molar-refractivity contribution is 6.39. The van der Waals surface area contributed by atoms with E-state index in [1.807, 2.05) is 42.5 Å². The first-order valence-electron chi connectivity index (χ1n) is 14.0. The molecule has 1 saturated heterocycles. The lowest BCUT2D eigenvalue weighted by Gasteiger charge is -2.17. The van der Waals surface area contributed by atoms with Gasteiger partial charge in [-0.2, -0.15) is 0 Å². The van der Waals surface area contributed by atoms with Gasteiger partial charge in [-0.25, -0.2) is 9.97 Å². The van der Waals surface area contributed by atoms with Gasteiger partial charge >= 0.3 is 0 Å². The smallest absolute Gasteiger partial charge is 0.218 e. The molecular formula is C33H33Cl2N3O2. The number of nitrogens with one attached hydrogen (secondary N) is 1. The Hall–Kier alpha value is -3.12. The third-order valence-electron chi connectivity index (χ3n) is 8.24. The SMILES string of the molecule is COc1nc(-c2cccc(-c3cccc(-c4ccc([C@@H]5CCCN5)c(OC)n4)c3Cl)c2Cl)ccc1C1CCCC1. The zero-order chi connectivity index (χ0) is 27.6. The van der Waals surface area contributed by atoms with Crippen LogP contribution >= 0.6 is 23.2 Å². The molecule has 0 spiro atoms.